The first-order valence-electron chi connectivity index (χ1n) is 21.0. The van der Waals surface area contributed by atoms with Crippen molar-refractivity contribution in [3.05, 3.63) is 59.3 Å². The molecule has 61 heavy (non-hydrogen) atoms. The third-order valence-electron chi connectivity index (χ3n) is 11.0. The van der Waals surface area contributed by atoms with Crippen LogP contribution in [0.25, 0.3) is 0 Å². The van der Waals surface area contributed by atoms with Crippen molar-refractivity contribution in [3.8, 4) is 0 Å². The molecule has 1 aliphatic heterocycles. The van der Waals surface area contributed by atoms with Crippen LogP contribution in [0.1, 0.15) is 92.6 Å². The molecule has 0 saturated heterocycles. The molecular formula is C43H67N7O11. The molecule has 1 aromatic carbocycles. The molecule has 5 unspecified atom stereocenters. The molecule has 1 aromatic rings. The van der Waals surface area contributed by atoms with E-state index in [0.29, 0.717) is 13.0 Å². The molecule has 2 aliphatic rings. The Bertz CT molecular complexity index is 1710. The van der Waals surface area contributed by atoms with E-state index in [4.69, 9.17) is 5.11 Å². The number of aliphatic hydroxyl groups is 4. The van der Waals surface area contributed by atoms with Gasteiger partial charge in [0.15, 0.2) is 0 Å². The van der Waals surface area contributed by atoms with Crippen LogP contribution in [-0.4, -0.2) is 135 Å². The molecule has 0 radical (unpaired) electrons. The van der Waals surface area contributed by atoms with Crippen molar-refractivity contribution in [3.63, 3.8) is 0 Å². The molecule has 0 bridgehead atoms. The van der Waals surface area contributed by atoms with Crippen LogP contribution in [0.3, 0.4) is 0 Å². The predicted octanol–water partition coefficient (Wildman–Crippen LogP) is -0.404. The highest BCUT2D eigenvalue weighted by Crippen LogP contribution is 2.38. The van der Waals surface area contributed by atoms with Gasteiger partial charge in [0.05, 0.1) is 42.3 Å². The van der Waals surface area contributed by atoms with Crippen LogP contribution in [0.5, 0.6) is 0 Å². The van der Waals surface area contributed by atoms with E-state index in [9.17, 15) is 48.9 Å². The monoisotopic (exact) mass is 857 g/mol. The summed E-state index contributed by atoms with van der Waals surface area (Å²) in [6, 6.07) is 7.44. The van der Waals surface area contributed by atoms with Crippen LogP contribution in [0.2, 0.25) is 0 Å². The number of hydrogen-bond acceptors (Lipinski definition) is 12. The quantitative estimate of drug-likeness (QED) is 0.0595. The Kier molecular flexibility index (Phi) is 21.2. The first-order valence-corrected chi connectivity index (χ1v) is 21.0. The Morgan fingerprint density at radius 3 is 1.92 bits per heavy atom. The Balaban J connectivity index is 0.00000631. The SMILES string of the molecule is CC.CCNC(=O)CNC(=C1CCC1)C(Cc1ccccc1)NC(=O)CNC(=O)C(CCC(=O)NCC(O)C(O)C(O)CCO)NC(=O)C(C)(C)C(C)(C)N1C(=O)C=CC1=O. The van der Waals surface area contributed by atoms with Gasteiger partial charge >= 0.3 is 0 Å². The van der Waals surface area contributed by atoms with E-state index >= 15 is 0 Å². The Labute approximate surface area is 358 Å². The van der Waals surface area contributed by atoms with Crippen LogP contribution in [0.15, 0.2) is 53.8 Å². The number of carbonyl (C=O) groups is 7. The van der Waals surface area contributed by atoms with Crippen molar-refractivity contribution in [2.24, 2.45) is 5.41 Å². The first-order chi connectivity index (χ1) is 28.8. The summed E-state index contributed by atoms with van der Waals surface area (Å²) in [5, 5.41) is 55.7. The number of benzene rings is 1. The lowest BCUT2D eigenvalue weighted by atomic mass is 9.72. The van der Waals surface area contributed by atoms with E-state index in [1.165, 1.54) is 27.7 Å². The molecule has 7 amide bonds. The summed E-state index contributed by atoms with van der Waals surface area (Å²) in [6.07, 6.45) is -0.459. The smallest absolute Gasteiger partial charge is 0.254 e. The maximum absolute atomic E-state index is 13.9. The molecule has 1 aliphatic carbocycles. The molecule has 0 spiro atoms. The summed E-state index contributed by atoms with van der Waals surface area (Å²) in [4.78, 5) is 92.7. The minimum absolute atomic E-state index is 0.00547. The van der Waals surface area contributed by atoms with Crippen molar-refractivity contribution in [1.29, 1.82) is 0 Å². The van der Waals surface area contributed by atoms with E-state index in [2.05, 4.69) is 31.9 Å². The molecule has 1 saturated carbocycles. The summed E-state index contributed by atoms with van der Waals surface area (Å²) in [5.74, 6) is -4.26. The summed E-state index contributed by atoms with van der Waals surface area (Å²) in [7, 11) is 0. The van der Waals surface area contributed by atoms with E-state index < -0.39 is 96.5 Å². The van der Waals surface area contributed by atoms with Gasteiger partial charge < -0.3 is 52.3 Å². The van der Waals surface area contributed by atoms with Gasteiger partial charge in [-0.1, -0.05) is 44.2 Å². The van der Waals surface area contributed by atoms with Crippen molar-refractivity contribution in [2.75, 3.05) is 32.8 Å². The number of rotatable bonds is 24. The lowest BCUT2D eigenvalue weighted by Gasteiger charge is -2.45. The van der Waals surface area contributed by atoms with E-state index in [1.807, 2.05) is 51.1 Å². The van der Waals surface area contributed by atoms with Crippen molar-refractivity contribution >= 4 is 41.4 Å². The Morgan fingerprint density at radius 1 is 0.754 bits per heavy atom. The fourth-order valence-electron chi connectivity index (χ4n) is 6.54. The number of imide groups is 1. The van der Waals surface area contributed by atoms with E-state index in [0.717, 1.165) is 53.1 Å². The normalized spacial score (nSPS) is 16.1. The first kappa shape index (κ1) is 52.0. The van der Waals surface area contributed by atoms with Gasteiger partial charge in [0, 0.05) is 44.0 Å². The van der Waals surface area contributed by atoms with Gasteiger partial charge in [0.2, 0.25) is 29.5 Å². The molecule has 3 rings (SSSR count). The number of hydrogen-bond donors (Lipinski definition) is 10. The zero-order chi connectivity index (χ0) is 45.9. The molecule has 340 valence electrons. The average molecular weight is 858 g/mol. The molecule has 18 nitrogen and oxygen atoms in total. The zero-order valence-electron chi connectivity index (χ0n) is 36.5. The van der Waals surface area contributed by atoms with Crippen molar-refractivity contribution in [2.45, 2.75) is 129 Å². The Morgan fingerprint density at radius 2 is 1.36 bits per heavy atom. The average Bonchev–Trinajstić information content (AvgIpc) is 3.56. The Hall–Kier alpha value is -5.17. The second-order valence-corrected chi connectivity index (χ2v) is 15.7. The molecule has 10 N–H and O–H groups in total. The highest BCUT2D eigenvalue weighted by Gasteiger charge is 2.52. The number of allylic oxidation sites excluding steroid dienone is 1. The minimum Gasteiger partial charge on any atom is -0.396 e. The maximum Gasteiger partial charge on any atom is 0.254 e. The zero-order valence-corrected chi connectivity index (χ0v) is 36.5. The third-order valence-corrected chi connectivity index (χ3v) is 11.0. The topological polar surface area (TPSA) is 276 Å². The summed E-state index contributed by atoms with van der Waals surface area (Å²) >= 11 is 0. The number of nitrogens with zero attached hydrogens (tertiary/aromatic N) is 1. The predicted molar refractivity (Wildman–Crippen MR) is 227 cm³/mol. The van der Waals surface area contributed by atoms with Crippen LogP contribution >= 0.6 is 0 Å². The lowest BCUT2D eigenvalue weighted by molar-refractivity contribution is -0.153. The van der Waals surface area contributed by atoms with Gasteiger partial charge in [-0.05, 0) is 84.3 Å². The standard InChI is InChI=1S/C41H61N7O11.C2H6/c1-6-42-32(53)23-44-36(26-13-10-14-26)28(21-25-11-8-7-9-12-25)46-33(54)24-45-38(58)27(15-16-31(52)43-22-30(51)37(57)29(50)19-20-49)47-39(59)40(2,3)41(4,5)48-34(55)17-18-35(48)56;1-2/h7-9,11-12,17-18,27-30,37,44,49-51,57H,6,10,13-16,19-24H2,1-5H3,(H,42,53)(H,43,52)(H,45,58)(H,46,54)(H,47,59);1-2H3. The number of nitrogens with one attached hydrogen (secondary N) is 6. The van der Waals surface area contributed by atoms with Gasteiger partial charge in [0.25, 0.3) is 11.8 Å². The van der Waals surface area contributed by atoms with Gasteiger partial charge in [-0.25, -0.2) is 0 Å². The van der Waals surface area contributed by atoms with Crippen LogP contribution in [-0.2, 0) is 40.0 Å². The van der Waals surface area contributed by atoms with Crippen LogP contribution < -0.4 is 31.9 Å². The second kappa shape index (κ2) is 24.9. The molecule has 0 aromatic heterocycles. The largest absolute Gasteiger partial charge is 0.396 e. The van der Waals surface area contributed by atoms with Gasteiger partial charge in [0.1, 0.15) is 12.1 Å². The molecule has 18 heteroatoms. The van der Waals surface area contributed by atoms with E-state index in [-0.39, 0.29) is 31.7 Å². The molecule has 1 fully saturated rings. The highest BCUT2D eigenvalue weighted by atomic mass is 16.4. The maximum atomic E-state index is 13.9. The van der Waals surface area contributed by atoms with Gasteiger partial charge in [-0.2, -0.15) is 0 Å². The summed E-state index contributed by atoms with van der Waals surface area (Å²) < 4.78 is 0. The minimum atomic E-state index is -1.66. The fraction of sp³-hybridized carbons (Fsp3) is 0.605. The lowest BCUT2D eigenvalue weighted by Crippen LogP contribution is -2.63. The molecule has 5 atom stereocenters. The number of amides is 7. The highest BCUT2D eigenvalue weighted by molar-refractivity contribution is 6.14. The van der Waals surface area contributed by atoms with Crippen molar-refractivity contribution in [1.82, 2.24) is 36.8 Å². The second-order valence-electron chi connectivity index (χ2n) is 15.7. The molecular weight excluding hydrogens is 791 g/mol. The molecule has 1 heterocycles. The number of aliphatic hydroxyl groups excluding tert-OH is 4. The number of likely N-dealkylation sites (N-methyl/N-ethyl adjacent to an activating group) is 1. The third kappa shape index (κ3) is 15.1. The van der Waals surface area contributed by atoms with Crippen LogP contribution in [0.4, 0.5) is 0 Å². The van der Waals surface area contributed by atoms with Gasteiger partial charge in [-0.15, -0.1) is 0 Å². The van der Waals surface area contributed by atoms with Gasteiger partial charge in [-0.3, -0.25) is 38.5 Å². The fourth-order valence-corrected chi connectivity index (χ4v) is 6.54. The van der Waals surface area contributed by atoms with Crippen LogP contribution in [0, 0.1) is 5.41 Å². The van der Waals surface area contributed by atoms with E-state index in [1.54, 1.807) is 0 Å². The van der Waals surface area contributed by atoms with Crippen molar-refractivity contribution < 1.29 is 54.0 Å². The number of carbonyl (C=O) groups excluding carboxylic acids is 7. The summed E-state index contributed by atoms with van der Waals surface area (Å²) in [5.41, 5.74) is -0.173. The summed E-state index contributed by atoms with van der Waals surface area (Å²) in [6.45, 7) is 10.9.